The molecule has 17 heavy (non-hydrogen) atoms. The van der Waals surface area contributed by atoms with Crippen molar-refractivity contribution < 1.29 is 19.4 Å². The molecule has 1 aromatic rings. The molecule has 2 rings (SSSR count). The Morgan fingerprint density at radius 3 is 2.82 bits per heavy atom. The standard InChI is InChI=1S/C11H12ClNO4/c12-9-5-7(11(14)15)6-13-10(9)17-8-1-3-16-4-2-8/h5-6,8H,1-4H2,(H,14,15). The van der Waals surface area contributed by atoms with Crippen molar-refractivity contribution in [3.63, 3.8) is 0 Å². The number of aromatic nitrogens is 1. The van der Waals surface area contributed by atoms with E-state index in [4.69, 9.17) is 26.2 Å². The Morgan fingerprint density at radius 1 is 1.53 bits per heavy atom. The third-order valence-electron chi connectivity index (χ3n) is 2.50. The average molecular weight is 258 g/mol. The number of carbonyl (C=O) groups is 1. The van der Waals surface area contributed by atoms with E-state index >= 15 is 0 Å². The molecule has 1 aliphatic heterocycles. The fourth-order valence-corrected chi connectivity index (χ4v) is 1.79. The molecule has 92 valence electrons. The van der Waals surface area contributed by atoms with Crippen molar-refractivity contribution >= 4 is 17.6 Å². The minimum atomic E-state index is -1.06. The van der Waals surface area contributed by atoms with E-state index in [0.29, 0.717) is 13.2 Å². The van der Waals surface area contributed by atoms with E-state index in [1.54, 1.807) is 0 Å². The number of ether oxygens (including phenoxy) is 2. The predicted molar refractivity (Wildman–Crippen MR) is 60.7 cm³/mol. The molecule has 0 amide bonds. The Hall–Kier alpha value is -1.33. The molecule has 6 heteroatoms. The molecule has 1 aromatic heterocycles. The summed E-state index contributed by atoms with van der Waals surface area (Å²) in [5, 5.41) is 8.98. The fraction of sp³-hybridized carbons (Fsp3) is 0.455. The first kappa shape index (κ1) is 12.1. The number of halogens is 1. The van der Waals surface area contributed by atoms with Crippen LogP contribution in [-0.4, -0.2) is 35.4 Å². The maximum atomic E-state index is 10.7. The normalized spacial score (nSPS) is 16.8. The second-order valence-electron chi connectivity index (χ2n) is 3.75. The summed E-state index contributed by atoms with van der Waals surface area (Å²) in [5.41, 5.74) is 0.0503. The third-order valence-corrected chi connectivity index (χ3v) is 2.77. The van der Waals surface area contributed by atoms with Gasteiger partial charge in [0, 0.05) is 19.0 Å². The summed E-state index contributed by atoms with van der Waals surface area (Å²) in [6, 6.07) is 1.34. The molecule has 0 atom stereocenters. The Kier molecular flexibility index (Phi) is 3.81. The average Bonchev–Trinajstić information content (AvgIpc) is 2.33. The maximum absolute atomic E-state index is 10.7. The van der Waals surface area contributed by atoms with Gasteiger partial charge in [-0.3, -0.25) is 0 Å². The SMILES string of the molecule is O=C(O)c1cnc(OC2CCOCC2)c(Cl)c1. The van der Waals surface area contributed by atoms with Crippen LogP contribution in [0.25, 0.3) is 0 Å². The van der Waals surface area contributed by atoms with E-state index in [0.717, 1.165) is 12.8 Å². The zero-order valence-electron chi connectivity index (χ0n) is 9.06. The molecular formula is C11H12ClNO4. The van der Waals surface area contributed by atoms with Crippen molar-refractivity contribution in [3.05, 3.63) is 22.8 Å². The van der Waals surface area contributed by atoms with Crippen molar-refractivity contribution in [1.29, 1.82) is 0 Å². The first-order valence-corrected chi connectivity index (χ1v) is 5.68. The van der Waals surface area contributed by atoms with E-state index in [-0.39, 0.29) is 22.6 Å². The molecule has 0 radical (unpaired) electrons. The minimum Gasteiger partial charge on any atom is -0.478 e. The van der Waals surface area contributed by atoms with Crippen LogP contribution in [0.3, 0.4) is 0 Å². The molecule has 0 unspecified atom stereocenters. The lowest BCUT2D eigenvalue weighted by Crippen LogP contribution is -2.26. The highest BCUT2D eigenvalue weighted by Gasteiger charge is 2.18. The molecule has 1 N–H and O–H groups in total. The fourth-order valence-electron chi connectivity index (χ4n) is 1.58. The summed E-state index contributed by atoms with van der Waals surface area (Å²) in [4.78, 5) is 14.6. The van der Waals surface area contributed by atoms with E-state index < -0.39 is 5.97 Å². The molecule has 0 bridgehead atoms. The molecule has 0 saturated carbocycles. The number of rotatable bonds is 3. The van der Waals surface area contributed by atoms with Gasteiger partial charge >= 0.3 is 5.97 Å². The Balaban J connectivity index is 2.08. The van der Waals surface area contributed by atoms with Gasteiger partial charge in [-0.15, -0.1) is 0 Å². The molecule has 0 aliphatic carbocycles. The lowest BCUT2D eigenvalue weighted by atomic mass is 10.1. The Morgan fingerprint density at radius 2 is 2.24 bits per heavy atom. The summed E-state index contributed by atoms with van der Waals surface area (Å²) in [5.74, 6) is -0.777. The molecule has 1 aliphatic rings. The zero-order chi connectivity index (χ0) is 12.3. The maximum Gasteiger partial charge on any atom is 0.337 e. The lowest BCUT2D eigenvalue weighted by Gasteiger charge is -2.23. The molecule has 0 aromatic carbocycles. The predicted octanol–water partition coefficient (Wildman–Crippen LogP) is 1.99. The summed E-state index contributed by atoms with van der Waals surface area (Å²) in [6.07, 6.45) is 2.85. The van der Waals surface area contributed by atoms with Crippen LogP contribution >= 0.6 is 11.6 Å². The molecule has 1 fully saturated rings. The van der Waals surface area contributed by atoms with Crippen LogP contribution in [0.1, 0.15) is 23.2 Å². The van der Waals surface area contributed by atoms with E-state index in [2.05, 4.69) is 4.98 Å². The second-order valence-corrected chi connectivity index (χ2v) is 4.15. The largest absolute Gasteiger partial charge is 0.478 e. The number of carboxylic acids is 1. The zero-order valence-corrected chi connectivity index (χ0v) is 9.81. The van der Waals surface area contributed by atoms with Gasteiger partial charge in [0.05, 0.1) is 18.8 Å². The van der Waals surface area contributed by atoms with Crippen LogP contribution in [0.15, 0.2) is 12.3 Å². The van der Waals surface area contributed by atoms with Gasteiger partial charge in [-0.25, -0.2) is 9.78 Å². The molecule has 5 nitrogen and oxygen atoms in total. The van der Waals surface area contributed by atoms with Crippen molar-refractivity contribution in [1.82, 2.24) is 4.98 Å². The highest BCUT2D eigenvalue weighted by atomic mass is 35.5. The minimum absolute atomic E-state index is 0.0319. The van der Waals surface area contributed by atoms with Gasteiger partial charge in [0.25, 0.3) is 0 Å². The van der Waals surface area contributed by atoms with Gasteiger partial charge in [-0.2, -0.15) is 0 Å². The van der Waals surface area contributed by atoms with Gasteiger partial charge < -0.3 is 14.6 Å². The van der Waals surface area contributed by atoms with Crippen molar-refractivity contribution in [2.75, 3.05) is 13.2 Å². The highest BCUT2D eigenvalue weighted by Crippen LogP contribution is 2.25. The first-order valence-electron chi connectivity index (χ1n) is 5.30. The molecule has 2 heterocycles. The van der Waals surface area contributed by atoms with E-state index in [1.807, 2.05) is 0 Å². The van der Waals surface area contributed by atoms with Gasteiger partial charge in [0.2, 0.25) is 5.88 Å². The number of nitrogens with zero attached hydrogens (tertiary/aromatic N) is 1. The van der Waals surface area contributed by atoms with Crippen molar-refractivity contribution in [2.45, 2.75) is 18.9 Å². The lowest BCUT2D eigenvalue weighted by molar-refractivity contribution is 0.0238. The van der Waals surface area contributed by atoms with Crippen molar-refractivity contribution in [3.8, 4) is 5.88 Å². The smallest absolute Gasteiger partial charge is 0.337 e. The number of hydrogen-bond acceptors (Lipinski definition) is 4. The number of pyridine rings is 1. The Labute approximate surface area is 103 Å². The van der Waals surface area contributed by atoms with Gasteiger partial charge in [-0.1, -0.05) is 11.6 Å². The number of hydrogen-bond donors (Lipinski definition) is 1. The topological polar surface area (TPSA) is 68.7 Å². The summed E-state index contributed by atoms with van der Waals surface area (Å²) >= 11 is 5.91. The monoisotopic (exact) mass is 257 g/mol. The summed E-state index contributed by atoms with van der Waals surface area (Å²) in [7, 11) is 0. The molecule has 1 saturated heterocycles. The highest BCUT2D eigenvalue weighted by molar-refractivity contribution is 6.32. The third kappa shape index (κ3) is 3.08. The van der Waals surface area contributed by atoms with Crippen LogP contribution < -0.4 is 4.74 Å². The van der Waals surface area contributed by atoms with Crippen molar-refractivity contribution in [2.24, 2.45) is 0 Å². The molecular weight excluding hydrogens is 246 g/mol. The van der Waals surface area contributed by atoms with Crippen LogP contribution in [0.4, 0.5) is 0 Å². The quantitative estimate of drug-likeness (QED) is 0.897. The van der Waals surface area contributed by atoms with Crippen LogP contribution in [-0.2, 0) is 4.74 Å². The van der Waals surface area contributed by atoms with E-state index in [9.17, 15) is 4.79 Å². The van der Waals surface area contributed by atoms with E-state index in [1.165, 1.54) is 12.3 Å². The number of carboxylic acid groups (broad SMARTS) is 1. The van der Waals surface area contributed by atoms with Crippen LogP contribution in [0, 0.1) is 0 Å². The summed E-state index contributed by atoms with van der Waals surface area (Å²) in [6.45, 7) is 1.32. The van der Waals surface area contributed by atoms with Gasteiger partial charge in [0.1, 0.15) is 11.1 Å². The Bertz CT molecular complexity index is 418. The van der Waals surface area contributed by atoms with Crippen LogP contribution in [0.5, 0.6) is 5.88 Å². The van der Waals surface area contributed by atoms with Gasteiger partial charge in [-0.05, 0) is 6.07 Å². The van der Waals surface area contributed by atoms with Crippen LogP contribution in [0.2, 0.25) is 5.02 Å². The summed E-state index contributed by atoms with van der Waals surface area (Å²) < 4.78 is 10.8. The van der Waals surface area contributed by atoms with Gasteiger partial charge in [0.15, 0.2) is 0 Å². The first-order chi connectivity index (χ1) is 8.16. The molecule has 0 spiro atoms. The number of aromatic carboxylic acids is 1. The second kappa shape index (κ2) is 5.33.